The Labute approximate surface area is 175 Å². The first-order chi connectivity index (χ1) is 13.8. The van der Waals surface area contributed by atoms with E-state index in [1.54, 1.807) is 12.1 Å². The Morgan fingerprint density at radius 2 is 2.07 bits per heavy atom. The van der Waals surface area contributed by atoms with Crippen LogP contribution in [0.15, 0.2) is 42.5 Å². The lowest BCUT2D eigenvalue weighted by Gasteiger charge is -2.21. The predicted octanol–water partition coefficient (Wildman–Crippen LogP) is 2.97. The molecule has 1 atom stereocenters. The van der Waals surface area contributed by atoms with Crippen LogP contribution in [0.1, 0.15) is 18.9 Å². The summed E-state index contributed by atoms with van der Waals surface area (Å²) in [6.45, 7) is 2.81. The van der Waals surface area contributed by atoms with Gasteiger partial charge in [0.15, 0.2) is 6.10 Å². The first-order valence-electron chi connectivity index (χ1n) is 9.22. The molecule has 156 valence electrons. The van der Waals surface area contributed by atoms with Crippen LogP contribution in [0.25, 0.3) is 0 Å². The molecule has 0 saturated carbocycles. The van der Waals surface area contributed by atoms with Gasteiger partial charge in [-0.1, -0.05) is 29.8 Å². The molecule has 0 aromatic heterocycles. The zero-order valence-corrected chi connectivity index (χ0v) is 17.8. The Balaban J connectivity index is 1.77. The zero-order chi connectivity index (χ0) is 21.0. The molecule has 0 bridgehead atoms. The summed E-state index contributed by atoms with van der Waals surface area (Å²) in [6, 6.07) is 12.2. The molecule has 7 nitrogen and oxygen atoms in total. The smallest absolute Gasteiger partial charge is 0.261 e. The molecule has 1 aliphatic rings. The highest BCUT2D eigenvalue weighted by Gasteiger charge is 2.31. The second kappa shape index (κ2) is 8.92. The molecule has 0 spiro atoms. The van der Waals surface area contributed by atoms with Gasteiger partial charge in [-0.25, -0.2) is 8.42 Å². The third-order valence-corrected chi connectivity index (χ3v) is 5.89. The average molecular weight is 439 g/mol. The van der Waals surface area contributed by atoms with Crippen molar-refractivity contribution in [2.24, 2.45) is 0 Å². The van der Waals surface area contributed by atoms with Gasteiger partial charge in [0.25, 0.3) is 5.91 Å². The van der Waals surface area contributed by atoms with Crippen molar-refractivity contribution in [1.29, 1.82) is 0 Å². The zero-order valence-electron chi connectivity index (χ0n) is 16.2. The molecule has 2 aromatic rings. The average Bonchev–Trinajstić information content (AvgIpc) is 2.86. The van der Waals surface area contributed by atoms with E-state index in [4.69, 9.17) is 21.1 Å². The third kappa shape index (κ3) is 5.13. The molecule has 9 heteroatoms. The number of sulfonamides is 1. The second-order valence-corrected chi connectivity index (χ2v) is 8.94. The Morgan fingerprint density at radius 3 is 2.79 bits per heavy atom. The maximum Gasteiger partial charge on any atom is 0.261 e. The number of ether oxygens (including phenoxy) is 2. The van der Waals surface area contributed by atoms with E-state index in [1.807, 2.05) is 31.2 Å². The van der Waals surface area contributed by atoms with E-state index in [0.717, 1.165) is 11.8 Å². The summed E-state index contributed by atoms with van der Waals surface area (Å²) in [6.07, 6.45) is 0.488. The fourth-order valence-electron chi connectivity index (χ4n) is 3.12. The van der Waals surface area contributed by atoms with E-state index < -0.39 is 16.1 Å². The van der Waals surface area contributed by atoms with E-state index >= 15 is 0 Å². The lowest BCUT2D eigenvalue weighted by Crippen LogP contribution is -2.39. The summed E-state index contributed by atoms with van der Waals surface area (Å²) < 4.78 is 37.1. The summed E-state index contributed by atoms with van der Waals surface area (Å²) in [7, 11) is -3.55. The highest BCUT2D eigenvalue weighted by molar-refractivity contribution is 7.92. The van der Waals surface area contributed by atoms with Gasteiger partial charge in [-0.3, -0.25) is 9.10 Å². The molecule has 0 fully saturated rings. The topological polar surface area (TPSA) is 84.9 Å². The van der Waals surface area contributed by atoms with Gasteiger partial charge in [0.1, 0.15) is 11.5 Å². The van der Waals surface area contributed by atoms with Gasteiger partial charge in [-0.05, 0) is 31.2 Å². The molecule has 1 unspecified atom stereocenters. The van der Waals surface area contributed by atoms with Crippen LogP contribution in [-0.2, 0) is 21.4 Å². The minimum atomic E-state index is -3.55. The van der Waals surface area contributed by atoms with Gasteiger partial charge in [0.2, 0.25) is 10.0 Å². The van der Waals surface area contributed by atoms with E-state index in [9.17, 15) is 13.2 Å². The van der Waals surface area contributed by atoms with Crippen LogP contribution in [0.4, 0.5) is 5.69 Å². The monoisotopic (exact) mass is 438 g/mol. The maximum atomic E-state index is 12.8. The number of rotatable bonds is 6. The Morgan fingerprint density at radius 1 is 1.31 bits per heavy atom. The van der Waals surface area contributed by atoms with Crippen molar-refractivity contribution in [2.75, 3.05) is 23.7 Å². The SMILES string of the molecule is CCOc1ccccc1CNC(=O)C1CCN(S(C)(=O)=O)c2cc(Cl)ccc2O1. The molecule has 1 heterocycles. The Bertz CT molecular complexity index is 996. The maximum absolute atomic E-state index is 12.8. The minimum absolute atomic E-state index is 0.111. The summed E-state index contributed by atoms with van der Waals surface area (Å²) in [5, 5.41) is 3.24. The molecular formula is C20H23ClN2O5S. The van der Waals surface area contributed by atoms with E-state index in [1.165, 1.54) is 10.4 Å². The number of hydrogen-bond acceptors (Lipinski definition) is 5. The lowest BCUT2D eigenvalue weighted by atomic mass is 10.2. The van der Waals surface area contributed by atoms with Crippen molar-refractivity contribution in [1.82, 2.24) is 5.32 Å². The number of benzene rings is 2. The van der Waals surface area contributed by atoms with Gasteiger partial charge >= 0.3 is 0 Å². The normalized spacial score (nSPS) is 16.4. The predicted molar refractivity (Wildman–Crippen MR) is 112 cm³/mol. The van der Waals surface area contributed by atoms with Crippen LogP contribution in [0.3, 0.4) is 0 Å². The van der Waals surface area contributed by atoms with Crippen molar-refractivity contribution in [2.45, 2.75) is 26.0 Å². The van der Waals surface area contributed by atoms with Crippen molar-refractivity contribution in [3.63, 3.8) is 0 Å². The number of para-hydroxylation sites is 1. The number of fused-ring (bicyclic) bond motifs is 1. The van der Waals surface area contributed by atoms with Gasteiger partial charge in [0.05, 0.1) is 18.6 Å². The molecule has 1 aliphatic heterocycles. The van der Waals surface area contributed by atoms with E-state index in [2.05, 4.69) is 5.32 Å². The van der Waals surface area contributed by atoms with Crippen LogP contribution in [0.5, 0.6) is 11.5 Å². The van der Waals surface area contributed by atoms with E-state index in [0.29, 0.717) is 28.8 Å². The number of nitrogens with one attached hydrogen (secondary N) is 1. The highest BCUT2D eigenvalue weighted by atomic mass is 35.5. The number of anilines is 1. The van der Waals surface area contributed by atoms with Crippen LogP contribution in [0.2, 0.25) is 5.02 Å². The summed E-state index contributed by atoms with van der Waals surface area (Å²) >= 11 is 6.03. The van der Waals surface area contributed by atoms with Crippen molar-refractivity contribution < 1.29 is 22.7 Å². The Hall–Kier alpha value is -2.45. The number of amides is 1. The quantitative estimate of drug-likeness (QED) is 0.749. The van der Waals surface area contributed by atoms with Crippen LogP contribution >= 0.6 is 11.6 Å². The van der Waals surface area contributed by atoms with Crippen molar-refractivity contribution >= 4 is 33.2 Å². The largest absolute Gasteiger partial charge is 0.494 e. The first kappa shape index (κ1) is 21.3. The van der Waals surface area contributed by atoms with Crippen LogP contribution in [0, 0.1) is 0 Å². The molecule has 0 saturated heterocycles. The summed E-state index contributed by atoms with van der Waals surface area (Å²) in [5.74, 6) is 0.681. The van der Waals surface area contributed by atoms with Crippen LogP contribution < -0.4 is 19.1 Å². The van der Waals surface area contributed by atoms with Crippen LogP contribution in [-0.4, -0.2) is 39.8 Å². The minimum Gasteiger partial charge on any atom is -0.494 e. The molecule has 3 rings (SSSR count). The molecule has 2 aromatic carbocycles. The third-order valence-electron chi connectivity index (χ3n) is 4.47. The summed E-state index contributed by atoms with van der Waals surface area (Å²) in [5.41, 5.74) is 1.18. The molecule has 0 radical (unpaired) electrons. The van der Waals surface area contributed by atoms with Gasteiger partial charge < -0.3 is 14.8 Å². The highest BCUT2D eigenvalue weighted by Crippen LogP contribution is 2.36. The van der Waals surface area contributed by atoms with Crippen molar-refractivity contribution in [3.05, 3.63) is 53.1 Å². The molecule has 1 amide bonds. The van der Waals surface area contributed by atoms with Gasteiger partial charge in [-0.2, -0.15) is 0 Å². The van der Waals surface area contributed by atoms with Gasteiger partial charge in [-0.15, -0.1) is 0 Å². The standard InChI is InChI=1S/C20H23ClN2O5S/c1-3-27-17-7-5-4-6-14(17)13-22-20(24)19-10-11-23(29(2,25)26)16-12-15(21)8-9-18(16)28-19/h4-9,12,19H,3,10-11,13H2,1-2H3,(H,22,24). The fourth-order valence-corrected chi connectivity index (χ4v) is 4.23. The number of carbonyl (C=O) groups excluding carboxylic acids is 1. The number of hydrogen-bond donors (Lipinski definition) is 1. The lowest BCUT2D eigenvalue weighted by molar-refractivity contribution is -0.128. The summed E-state index contributed by atoms with van der Waals surface area (Å²) in [4.78, 5) is 12.8. The van der Waals surface area contributed by atoms with E-state index in [-0.39, 0.29) is 25.4 Å². The van der Waals surface area contributed by atoms with Crippen molar-refractivity contribution in [3.8, 4) is 11.5 Å². The molecule has 29 heavy (non-hydrogen) atoms. The second-order valence-electron chi connectivity index (χ2n) is 6.60. The van der Waals surface area contributed by atoms with Gasteiger partial charge in [0, 0.05) is 30.1 Å². The molecule has 1 N–H and O–H groups in total. The number of halogens is 1. The number of carbonyl (C=O) groups is 1. The molecule has 0 aliphatic carbocycles. The number of nitrogens with zero attached hydrogens (tertiary/aromatic N) is 1. The molecular weight excluding hydrogens is 416 g/mol. The Kier molecular flexibility index (Phi) is 6.54. The first-order valence-corrected chi connectivity index (χ1v) is 11.4. The fraction of sp³-hybridized carbons (Fsp3) is 0.350.